The minimum atomic E-state index is -2.18. The quantitative estimate of drug-likeness (QED) is 0.617. The van der Waals surface area contributed by atoms with E-state index in [1.807, 2.05) is 0 Å². The number of carboxylic acid groups (broad SMARTS) is 1. The van der Waals surface area contributed by atoms with Gasteiger partial charge in [-0.15, -0.1) is 0 Å². The second kappa shape index (κ2) is 5.19. The Morgan fingerprint density at radius 3 is 2.63 bits per heavy atom. The molecule has 0 aliphatic carbocycles. The topological polar surface area (TPSA) is 110 Å². The molecule has 0 aromatic heterocycles. The summed E-state index contributed by atoms with van der Waals surface area (Å²) in [5.74, 6) is -2.88. The average molecular weight is 273 g/mol. The lowest BCUT2D eigenvalue weighted by molar-refractivity contribution is -0.385. The van der Waals surface area contributed by atoms with E-state index in [1.54, 1.807) is 0 Å². The van der Waals surface area contributed by atoms with Crippen LogP contribution >= 0.6 is 0 Å². The first-order chi connectivity index (χ1) is 8.65. The number of rotatable bonds is 5. The van der Waals surface area contributed by atoms with Gasteiger partial charge in [0, 0.05) is 5.56 Å². The van der Waals surface area contributed by atoms with Crippen LogP contribution in [0.25, 0.3) is 0 Å². The normalized spacial score (nSPS) is 13.7. The van der Waals surface area contributed by atoms with Crippen LogP contribution in [0.2, 0.25) is 0 Å². The highest BCUT2D eigenvalue weighted by Crippen LogP contribution is 2.27. The molecule has 1 rings (SSSR count). The van der Waals surface area contributed by atoms with Crippen molar-refractivity contribution in [2.24, 2.45) is 0 Å². The van der Waals surface area contributed by atoms with Gasteiger partial charge < -0.3 is 14.9 Å². The third-order valence-electron chi connectivity index (χ3n) is 2.42. The predicted octanol–water partition coefficient (Wildman–Crippen LogP) is 1.26. The molecule has 0 fully saturated rings. The molecular formula is C11H12FNO6. The zero-order valence-corrected chi connectivity index (χ0v) is 10.2. The second-order valence-electron chi connectivity index (χ2n) is 4.19. The van der Waals surface area contributed by atoms with Gasteiger partial charge in [0.25, 0.3) is 5.69 Å². The molecule has 0 bridgehead atoms. The third kappa shape index (κ3) is 3.38. The van der Waals surface area contributed by atoms with Crippen molar-refractivity contribution in [1.82, 2.24) is 0 Å². The van der Waals surface area contributed by atoms with Crippen LogP contribution in [0.4, 0.5) is 10.1 Å². The number of nitro benzene ring substituents is 1. The monoisotopic (exact) mass is 273 g/mol. The van der Waals surface area contributed by atoms with Gasteiger partial charge in [-0.05, 0) is 19.9 Å². The fraction of sp³-hybridized carbons (Fsp3) is 0.364. The van der Waals surface area contributed by atoms with Crippen LogP contribution < -0.4 is 4.74 Å². The van der Waals surface area contributed by atoms with Crippen molar-refractivity contribution in [3.63, 3.8) is 0 Å². The van der Waals surface area contributed by atoms with Crippen LogP contribution in [0.3, 0.4) is 0 Å². The number of aryl methyl sites for hydroxylation is 1. The molecule has 1 aromatic rings. The van der Waals surface area contributed by atoms with Crippen molar-refractivity contribution in [2.75, 3.05) is 6.61 Å². The minimum Gasteiger partial charge on any atom is -0.487 e. The van der Waals surface area contributed by atoms with Gasteiger partial charge >= 0.3 is 5.97 Å². The van der Waals surface area contributed by atoms with Crippen LogP contribution in [-0.2, 0) is 4.79 Å². The smallest absolute Gasteiger partial charge is 0.339 e. The van der Waals surface area contributed by atoms with Gasteiger partial charge in [-0.25, -0.2) is 9.18 Å². The molecule has 104 valence electrons. The third-order valence-corrected chi connectivity index (χ3v) is 2.42. The number of benzene rings is 1. The fourth-order valence-electron chi connectivity index (χ4n) is 1.23. The minimum absolute atomic E-state index is 0.163. The number of carbonyl (C=O) groups is 1. The van der Waals surface area contributed by atoms with Crippen molar-refractivity contribution in [1.29, 1.82) is 0 Å². The molecule has 2 N–H and O–H groups in total. The number of halogens is 1. The summed E-state index contributed by atoms with van der Waals surface area (Å²) in [6.45, 7) is 1.70. The van der Waals surface area contributed by atoms with Gasteiger partial charge in [0.05, 0.1) is 11.0 Å². The first-order valence-electron chi connectivity index (χ1n) is 5.18. The maximum atomic E-state index is 13.5. The summed E-state index contributed by atoms with van der Waals surface area (Å²) in [6, 6.07) is 1.76. The Bertz CT molecular complexity index is 528. The molecule has 0 amide bonds. The Hall–Kier alpha value is -2.22. The van der Waals surface area contributed by atoms with Crippen molar-refractivity contribution in [3.8, 4) is 5.75 Å². The number of carboxylic acids is 1. The van der Waals surface area contributed by atoms with E-state index in [-0.39, 0.29) is 11.3 Å². The number of aliphatic hydroxyl groups is 1. The molecule has 1 atom stereocenters. The summed E-state index contributed by atoms with van der Waals surface area (Å²) < 4.78 is 18.4. The number of nitro groups is 1. The molecule has 0 heterocycles. The average Bonchev–Trinajstić information content (AvgIpc) is 2.29. The van der Waals surface area contributed by atoms with Gasteiger partial charge in [0.1, 0.15) is 6.61 Å². The van der Waals surface area contributed by atoms with E-state index in [2.05, 4.69) is 0 Å². The largest absolute Gasteiger partial charge is 0.487 e. The fourth-order valence-corrected chi connectivity index (χ4v) is 1.23. The Labute approximate surface area is 107 Å². The first-order valence-corrected chi connectivity index (χ1v) is 5.18. The van der Waals surface area contributed by atoms with E-state index in [0.717, 1.165) is 13.0 Å². The number of nitrogens with zero attached hydrogens (tertiary/aromatic N) is 1. The van der Waals surface area contributed by atoms with E-state index in [9.17, 15) is 24.4 Å². The van der Waals surface area contributed by atoms with E-state index in [1.165, 1.54) is 6.92 Å². The van der Waals surface area contributed by atoms with E-state index < -0.39 is 34.6 Å². The lowest BCUT2D eigenvalue weighted by atomic mass is 10.1. The zero-order chi connectivity index (χ0) is 14.8. The molecule has 8 heteroatoms. The van der Waals surface area contributed by atoms with E-state index in [4.69, 9.17) is 9.84 Å². The van der Waals surface area contributed by atoms with Gasteiger partial charge in [0.2, 0.25) is 0 Å². The highest BCUT2D eigenvalue weighted by atomic mass is 19.1. The number of hydrogen-bond acceptors (Lipinski definition) is 5. The van der Waals surface area contributed by atoms with Crippen molar-refractivity contribution in [3.05, 3.63) is 33.6 Å². The Balaban J connectivity index is 2.95. The van der Waals surface area contributed by atoms with Gasteiger partial charge in [-0.2, -0.15) is 0 Å². The first kappa shape index (κ1) is 14.8. The molecule has 0 saturated carbocycles. The summed E-state index contributed by atoms with van der Waals surface area (Å²) in [5, 5.41) is 28.6. The molecule has 0 aliphatic heterocycles. The van der Waals surface area contributed by atoms with Crippen molar-refractivity contribution < 1.29 is 29.1 Å². The SMILES string of the molecule is Cc1cc(OCC(C)(O)C(=O)O)c(F)cc1[N+](=O)[O-]. The van der Waals surface area contributed by atoms with Crippen LogP contribution in [0, 0.1) is 22.9 Å². The molecule has 0 radical (unpaired) electrons. The predicted molar refractivity (Wildman–Crippen MR) is 61.5 cm³/mol. The van der Waals surface area contributed by atoms with Gasteiger partial charge in [0.15, 0.2) is 17.2 Å². The lowest BCUT2D eigenvalue weighted by Crippen LogP contribution is -2.41. The molecule has 0 aliphatic rings. The van der Waals surface area contributed by atoms with E-state index >= 15 is 0 Å². The summed E-state index contributed by atoms with van der Waals surface area (Å²) in [4.78, 5) is 20.5. The summed E-state index contributed by atoms with van der Waals surface area (Å²) in [6.07, 6.45) is 0. The summed E-state index contributed by atoms with van der Waals surface area (Å²) in [7, 11) is 0. The Morgan fingerprint density at radius 1 is 1.58 bits per heavy atom. The van der Waals surface area contributed by atoms with Crippen LogP contribution in [0.1, 0.15) is 12.5 Å². The van der Waals surface area contributed by atoms with Crippen molar-refractivity contribution >= 4 is 11.7 Å². The molecule has 1 unspecified atom stereocenters. The Morgan fingerprint density at radius 2 is 2.16 bits per heavy atom. The summed E-state index contributed by atoms with van der Waals surface area (Å²) >= 11 is 0. The highest BCUT2D eigenvalue weighted by Gasteiger charge is 2.31. The zero-order valence-electron chi connectivity index (χ0n) is 10.2. The van der Waals surface area contributed by atoms with Gasteiger partial charge in [-0.1, -0.05) is 0 Å². The molecule has 0 spiro atoms. The number of aliphatic carboxylic acids is 1. The van der Waals surface area contributed by atoms with Crippen molar-refractivity contribution in [2.45, 2.75) is 19.4 Å². The molecular weight excluding hydrogens is 261 g/mol. The molecule has 7 nitrogen and oxygen atoms in total. The van der Waals surface area contributed by atoms with Gasteiger partial charge in [-0.3, -0.25) is 10.1 Å². The van der Waals surface area contributed by atoms with Crippen LogP contribution in [0.15, 0.2) is 12.1 Å². The standard InChI is InChI=1S/C11H12FNO6/c1-6-3-9(7(12)4-8(6)13(17)18)19-5-11(2,16)10(14)15/h3-4,16H,5H2,1-2H3,(H,14,15). The van der Waals surface area contributed by atoms with Crippen LogP contribution in [0.5, 0.6) is 5.75 Å². The second-order valence-corrected chi connectivity index (χ2v) is 4.19. The maximum Gasteiger partial charge on any atom is 0.339 e. The number of hydrogen-bond donors (Lipinski definition) is 2. The Kier molecular flexibility index (Phi) is 4.05. The highest BCUT2D eigenvalue weighted by molar-refractivity contribution is 5.76. The van der Waals surface area contributed by atoms with Crippen LogP contribution in [-0.4, -0.2) is 33.3 Å². The lowest BCUT2D eigenvalue weighted by Gasteiger charge is -2.18. The maximum absolute atomic E-state index is 13.5. The molecule has 0 saturated heterocycles. The number of ether oxygens (including phenoxy) is 1. The van der Waals surface area contributed by atoms with E-state index in [0.29, 0.717) is 6.07 Å². The summed E-state index contributed by atoms with van der Waals surface area (Å²) in [5.41, 5.74) is -2.42. The molecule has 1 aromatic carbocycles. The molecule has 19 heavy (non-hydrogen) atoms.